The van der Waals surface area contributed by atoms with Crippen molar-refractivity contribution < 1.29 is 4.79 Å². The third-order valence-corrected chi connectivity index (χ3v) is 2.04. The fourth-order valence-corrected chi connectivity index (χ4v) is 1.40. The Hall–Kier alpha value is -1.16. The number of carbonyl (C=O) groups is 1. The Bertz CT molecular complexity index is 304. The van der Waals surface area contributed by atoms with E-state index in [1.807, 2.05) is 12.3 Å². The first-order valence-corrected chi connectivity index (χ1v) is 4.46. The van der Waals surface area contributed by atoms with Gasteiger partial charge in [0.05, 0.1) is 5.69 Å². The highest BCUT2D eigenvalue weighted by Gasteiger charge is 2.00. The SMILES string of the molecule is C/C=C/C(=O)Nc1nc(C)cs1. The van der Waals surface area contributed by atoms with Crippen LogP contribution in [0.1, 0.15) is 12.6 Å². The first kappa shape index (κ1) is 8.93. The fraction of sp³-hybridized carbons (Fsp3) is 0.250. The summed E-state index contributed by atoms with van der Waals surface area (Å²) in [7, 11) is 0. The number of aryl methyl sites for hydroxylation is 1. The molecule has 12 heavy (non-hydrogen) atoms. The van der Waals surface area contributed by atoms with E-state index in [0.29, 0.717) is 5.13 Å². The number of thiazole rings is 1. The first-order valence-electron chi connectivity index (χ1n) is 3.58. The van der Waals surface area contributed by atoms with Gasteiger partial charge in [0.1, 0.15) is 0 Å². The minimum absolute atomic E-state index is 0.133. The standard InChI is InChI=1S/C8H10N2OS/c1-3-4-7(11)10-8-9-6(2)5-12-8/h3-5H,1-2H3,(H,9,10,11)/b4-3+. The number of carbonyl (C=O) groups excluding carboxylic acids is 1. The average molecular weight is 182 g/mol. The summed E-state index contributed by atoms with van der Waals surface area (Å²) in [6, 6.07) is 0. The van der Waals surface area contributed by atoms with Crippen molar-refractivity contribution in [3.63, 3.8) is 0 Å². The molecule has 1 rings (SSSR count). The topological polar surface area (TPSA) is 42.0 Å². The van der Waals surface area contributed by atoms with Crippen LogP contribution in [-0.2, 0) is 4.79 Å². The molecule has 0 aliphatic carbocycles. The molecule has 0 spiro atoms. The lowest BCUT2D eigenvalue weighted by Gasteiger charge is -1.93. The molecule has 1 aromatic heterocycles. The van der Waals surface area contributed by atoms with Crippen molar-refractivity contribution in [3.8, 4) is 0 Å². The van der Waals surface area contributed by atoms with Gasteiger partial charge in [-0.15, -0.1) is 11.3 Å². The number of nitrogens with one attached hydrogen (secondary N) is 1. The second-order valence-electron chi connectivity index (χ2n) is 2.28. The van der Waals surface area contributed by atoms with E-state index in [9.17, 15) is 4.79 Å². The summed E-state index contributed by atoms with van der Waals surface area (Å²) in [5.74, 6) is -0.133. The highest BCUT2D eigenvalue weighted by Crippen LogP contribution is 2.13. The molecule has 0 aliphatic heterocycles. The Kier molecular flexibility index (Phi) is 2.99. The van der Waals surface area contributed by atoms with Crippen LogP contribution >= 0.6 is 11.3 Å². The Labute approximate surface area is 75.1 Å². The maximum absolute atomic E-state index is 11.0. The van der Waals surface area contributed by atoms with Crippen LogP contribution in [0.4, 0.5) is 5.13 Å². The molecule has 0 fully saturated rings. The summed E-state index contributed by atoms with van der Waals surface area (Å²) >= 11 is 1.43. The van der Waals surface area contributed by atoms with E-state index in [2.05, 4.69) is 10.3 Å². The zero-order valence-electron chi connectivity index (χ0n) is 7.00. The second-order valence-corrected chi connectivity index (χ2v) is 3.14. The van der Waals surface area contributed by atoms with Gasteiger partial charge < -0.3 is 0 Å². The van der Waals surface area contributed by atoms with Crippen LogP contribution in [0.25, 0.3) is 0 Å². The third-order valence-electron chi connectivity index (χ3n) is 1.17. The van der Waals surface area contributed by atoms with Crippen molar-refractivity contribution in [2.24, 2.45) is 0 Å². The zero-order valence-corrected chi connectivity index (χ0v) is 7.81. The Morgan fingerprint density at radius 1 is 1.75 bits per heavy atom. The van der Waals surface area contributed by atoms with Gasteiger partial charge in [-0.25, -0.2) is 4.98 Å². The summed E-state index contributed by atoms with van der Waals surface area (Å²) in [5, 5.41) is 5.19. The van der Waals surface area contributed by atoms with E-state index in [1.165, 1.54) is 17.4 Å². The van der Waals surface area contributed by atoms with Crippen molar-refractivity contribution in [1.29, 1.82) is 0 Å². The monoisotopic (exact) mass is 182 g/mol. The molecule has 1 heterocycles. The van der Waals surface area contributed by atoms with E-state index in [-0.39, 0.29) is 5.91 Å². The van der Waals surface area contributed by atoms with Gasteiger partial charge >= 0.3 is 0 Å². The highest BCUT2D eigenvalue weighted by atomic mass is 32.1. The molecule has 0 atom stereocenters. The summed E-state index contributed by atoms with van der Waals surface area (Å²) in [6.45, 7) is 3.69. The normalized spacial score (nSPS) is 10.5. The third kappa shape index (κ3) is 2.47. The van der Waals surface area contributed by atoms with Crippen molar-refractivity contribution in [2.75, 3.05) is 5.32 Å². The van der Waals surface area contributed by atoms with E-state index in [0.717, 1.165) is 5.69 Å². The number of nitrogens with zero attached hydrogens (tertiary/aromatic N) is 1. The molecule has 4 heteroatoms. The molecule has 0 radical (unpaired) electrons. The maximum Gasteiger partial charge on any atom is 0.249 e. The van der Waals surface area contributed by atoms with Crippen molar-refractivity contribution in [1.82, 2.24) is 4.98 Å². The molecule has 64 valence electrons. The Balaban J connectivity index is 2.58. The van der Waals surface area contributed by atoms with E-state index in [1.54, 1.807) is 13.0 Å². The number of hydrogen-bond acceptors (Lipinski definition) is 3. The van der Waals surface area contributed by atoms with Gasteiger partial charge in [-0.2, -0.15) is 0 Å². The lowest BCUT2D eigenvalue weighted by atomic mass is 10.5. The van der Waals surface area contributed by atoms with Crippen molar-refractivity contribution in [2.45, 2.75) is 13.8 Å². The first-order chi connectivity index (χ1) is 5.72. The molecule has 1 aromatic rings. The summed E-state index contributed by atoms with van der Waals surface area (Å²) in [4.78, 5) is 15.1. The molecule has 0 aliphatic rings. The molecule has 0 bridgehead atoms. The molecule has 0 saturated carbocycles. The van der Waals surface area contributed by atoms with Gasteiger partial charge in [-0.1, -0.05) is 6.08 Å². The minimum Gasteiger partial charge on any atom is -0.298 e. The predicted molar refractivity (Wildman–Crippen MR) is 50.3 cm³/mol. The summed E-state index contributed by atoms with van der Waals surface area (Å²) < 4.78 is 0. The molecule has 0 unspecified atom stereocenters. The van der Waals surface area contributed by atoms with E-state index < -0.39 is 0 Å². The van der Waals surface area contributed by atoms with Crippen LogP contribution in [0.15, 0.2) is 17.5 Å². The van der Waals surface area contributed by atoms with Gasteiger partial charge in [0, 0.05) is 5.38 Å². The van der Waals surface area contributed by atoms with E-state index in [4.69, 9.17) is 0 Å². The van der Waals surface area contributed by atoms with Crippen LogP contribution in [0.2, 0.25) is 0 Å². The van der Waals surface area contributed by atoms with Crippen molar-refractivity contribution in [3.05, 3.63) is 23.2 Å². The minimum atomic E-state index is -0.133. The van der Waals surface area contributed by atoms with Crippen molar-refractivity contribution >= 4 is 22.4 Å². The van der Waals surface area contributed by atoms with Gasteiger partial charge in [0.2, 0.25) is 5.91 Å². The molecule has 1 amide bonds. The number of hydrogen-bond donors (Lipinski definition) is 1. The lowest BCUT2D eigenvalue weighted by molar-refractivity contribution is -0.111. The molecule has 1 N–H and O–H groups in total. The molecular formula is C8H10N2OS. The lowest BCUT2D eigenvalue weighted by Crippen LogP contribution is -2.07. The fourth-order valence-electron chi connectivity index (χ4n) is 0.710. The van der Waals surface area contributed by atoms with Gasteiger partial charge in [0.15, 0.2) is 5.13 Å². The van der Waals surface area contributed by atoms with Crippen LogP contribution in [-0.4, -0.2) is 10.9 Å². The number of anilines is 1. The zero-order chi connectivity index (χ0) is 8.97. The smallest absolute Gasteiger partial charge is 0.249 e. The van der Waals surface area contributed by atoms with Crippen LogP contribution in [0, 0.1) is 6.92 Å². The summed E-state index contributed by atoms with van der Waals surface area (Å²) in [6.07, 6.45) is 3.16. The number of amides is 1. The van der Waals surface area contributed by atoms with Crippen LogP contribution in [0.3, 0.4) is 0 Å². The molecule has 0 saturated heterocycles. The quantitative estimate of drug-likeness (QED) is 0.710. The van der Waals surface area contributed by atoms with Crippen LogP contribution in [0.5, 0.6) is 0 Å². The predicted octanol–water partition coefficient (Wildman–Crippen LogP) is 1.97. The van der Waals surface area contributed by atoms with Gasteiger partial charge in [0.25, 0.3) is 0 Å². The largest absolute Gasteiger partial charge is 0.298 e. The highest BCUT2D eigenvalue weighted by molar-refractivity contribution is 7.13. The van der Waals surface area contributed by atoms with Gasteiger partial charge in [-0.05, 0) is 19.9 Å². The van der Waals surface area contributed by atoms with Crippen LogP contribution < -0.4 is 5.32 Å². The van der Waals surface area contributed by atoms with Gasteiger partial charge in [-0.3, -0.25) is 10.1 Å². The van der Waals surface area contributed by atoms with E-state index >= 15 is 0 Å². The number of allylic oxidation sites excluding steroid dienone is 1. The molecular weight excluding hydrogens is 172 g/mol. The number of rotatable bonds is 2. The maximum atomic E-state index is 11.0. The molecule has 3 nitrogen and oxygen atoms in total. The molecule has 0 aromatic carbocycles. The Morgan fingerprint density at radius 2 is 2.50 bits per heavy atom. The second kappa shape index (κ2) is 4.01. The average Bonchev–Trinajstić information content (AvgIpc) is 2.36. The Morgan fingerprint density at radius 3 is 3.00 bits per heavy atom. The summed E-state index contributed by atoms with van der Waals surface area (Å²) in [5.41, 5.74) is 0.927. The number of aromatic nitrogens is 1.